The summed E-state index contributed by atoms with van der Waals surface area (Å²) in [5.74, 6) is -1.27. The van der Waals surface area contributed by atoms with E-state index in [1.807, 2.05) is 26.0 Å². The largest absolute Gasteiger partial charge is 0.494 e. The number of aliphatic hydroxyl groups is 1. The lowest BCUT2D eigenvalue weighted by atomic mass is 9.70. The van der Waals surface area contributed by atoms with Crippen LogP contribution in [-0.2, 0) is 14.4 Å². The first kappa shape index (κ1) is 29.2. The number of unbranched alkanes of at least 4 members (excludes halogenated alkanes) is 1. The van der Waals surface area contributed by atoms with Crippen LogP contribution in [-0.4, -0.2) is 68.4 Å². The van der Waals surface area contributed by atoms with Crippen molar-refractivity contribution < 1.29 is 24.2 Å². The summed E-state index contributed by atoms with van der Waals surface area (Å²) in [6, 6.07) is 11.8. The zero-order valence-corrected chi connectivity index (χ0v) is 25.5. The Morgan fingerprint density at radius 3 is 2.60 bits per heavy atom. The highest BCUT2D eigenvalue weighted by Gasteiger charge is 2.75. The molecule has 3 unspecified atom stereocenters. The summed E-state index contributed by atoms with van der Waals surface area (Å²) in [7, 11) is 0. The smallest absolute Gasteiger partial charge is 0.248 e. The average molecular weight is 651 g/mol. The van der Waals surface area contributed by atoms with Gasteiger partial charge in [-0.3, -0.25) is 14.4 Å². The van der Waals surface area contributed by atoms with E-state index < -0.39 is 22.6 Å². The molecule has 0 aliphatic carbocycles. The van der Waals surface area contributed by atoms with Gasteiger partial charge in [0.15, 0.2) is 0 Å². The van der Waals surface area contributed by atoms with Crippen LogP contribution in [0.3, 0.4) is 0 Å². The van der Waals surface area contributed by atoms with E-state index in [0.29, 0.717) is 54.6 Å². The number of ether oxygens (including phenoxy) is 1. The Balaban J connectivity index is 1.46. The number of fused-ring (bicyclic) bond motifs is 1. The highest BCUT2D eigenvalue weighted by Crippen LogP contribution is 2.67. The molecule has 3 aliphatic heterocycles. The Morgan fingerprint density at radius 2 is 1.93 bits per heavy atom. The van der Waals surface area contributed by atoms with Gasteiger partial charge >= 0.3 is 0 Å². The number of alkyl halides is 1. The Morgan fingerprint density at radius 1 is 1.18 bits per heavy atom. The Kier molecular flexibility index (Phi) is 8.71. The van der Waals surface area contributed by atoms with Gasteiger partial charge in [-0.2, -0.15) is 0 Å². The zero-order valence-electron chi connectivity index (χ0n) is 22.4. The predicted octanol–water partition coefficient (Wildman–Crippen LogP) is 4.86. The van der Waals surface area contributed by atoms with Crippen LogP contribution in [0.1, 0.15) is 31.7 Å². The minimum atomic E-state index is -0.780. The number of hydrogen-bond acceptors (Lipinski definition) is 6. The molecule has 214 valence electrons. The van der Waals surface area contributed by atoms with Gasteiger partial charge in [-0.1, -0.05) is 39.7 Å². The molecule has 1 spiro atoms. The van der Waals surface area contributed by atoms with Gasteiger partial charge in [0.05, 0.1) is 33.9 Å². The van der Waals surface area contributed by atoms with Crippen molar-refractivity contribution in [3.8, 4) is 5.75 Å². The van der Waals surface area contributed by atoms with Crippen LogP contribution >= 0.6 is 39.3 Å². The number of likely N-dealkylation sites (tertiary alicyclic amines) is 1. The number of nitrogens with one attached hydrogen (secondary N) is 2. The van der Waals surface area contributed by atoms with Crippen molar-refractivity contribution in [1.82, 2.24) is 4.90 Å². The SMILES string of the molecule is CCOc1ccc(NC(=O)[C@H]2[C@H]3C(=O)N(CCCCO)C(C(=O)Nc4c(C)cccc4Cl)C34CC(Br)[C@@H]2S4)cc1. The highest BCUT2D eigenvalue weighted by molar-refractivity contribution is 9.09. The van der Waals surface area contributed by atoms with Gasteiger partial charge in [-0.05, 0) is 69.0 Å². The van der Waals surface area contributed by atoms with Crippen molar-refractivity contribution in [3.05, 3.63) is 53.1 Å². The first-order valence-corrected chi connectivity index (χ1v) is 15.7. The van der Waals surface area contributed by atoms with E-state index in [2.05, 4.69) is 26.6 Å². The molecule has 6 atom stereocenters. The number of para-hydroxylation sites is 1. The maximum absolute atomic E-state index is 14.1. The fraction of sp³-hybridized carbons (Fsp3) is 0.483. The van der Waals surface area contributed by atoms with Crippen molar-refractivity contribution >= 4 is 68.4 Å². The summed E-state index contributed by atoms with van der Waals surface area (Å²) in [4.78, 5) is 43.5. The summed E-state index contributed by atoms with van der Waals surface area (Å²) in [5.41, 5.74) is 1.96. The quantitative estimate of drug-likeness (QED) is 0.251. The minimum absolute atomic E-state index is 0.000300. The molecule has 3 fully saturated rings. The second kappa shape index (κ2) is 11.9. The normalized spacial score (nSPS) is 28.5. The van der Waals surface area contributed by atoms with Crippen LogP contribution in [0.4, 0.5) is 11.4 Å². The molecule has 0 radical (unpaired) electrons. The van der Waals surface area contributed by atoms with E-state index in [1.165, 1.54) is 0 Å². The summed E-state index contributed by atoms with van der Waals surface area (Å²) >= 11 is 11.8. The third kappa shape index (κ3) is 5.12. The summed E-state index contributed by atoms with van der Waals surface area (Å²) in [6.07, 6.45) is 1.65. The number of aliphatic hydroxyl groups excluding tert-OH is 1. The van der Waals surface area contributed by atoms with Crippen LogP contribution in [0.2, 0.25) is 5.02 Å². The van der Waals surface area contributed by atoms with Gasteiger partial charge in [-0.25, -0.2) is 0 Å². The molecule has 8 nitrogen and oxygen atoms in total. The Hall–Kier alpha value is -2.27. The van der Waals surface area contributed by atoms with Gasteiger partial charge in [0, 0.05) is 28.9 Å². The van der Waals surface area contributed by atoms with E-state index in [4.69, 9.17) is 16.3 Å². The first-order chi connectivity index (χ1) is 19.2. The molecular formula is C29H33BrClN3O5S. The number of nitrogens with zero attached hydrogens (tertiary/aromatic N) is 1. The van der Waals surface area contributed by atoms with Gasteiger partial charge in [0.2, 0.25) is 17.7 Å². The van der Waals surface area contributed by atoms with Crippen LogP contribution in [0.5, 0.6) is 5.75 Å². The molecule has 3 amide bonds. The number of carbonyl (C=O) groups excluding carboxylic acids is 3. The third-order valence-electron chi connectivity index (χ3n) is 8.05. The van der Waals surface area contributed by atoms with Gasteiger partial charge in [-0.15, -0.1) is 11.8 Å². The molecular weight excluding hydrogens is 618 g/mol. The number of benzene rings is 2. The number of aryl methyl sites for hydroxylation is 1. The van der Waals surface area contributed by atoms with E-state index in [9.17, 15) is 19.5 Å². The number of amides is 3. The van der Waals surface area contributed by atoms with E-state index in [1.54, 1.807) is 47.0 Å². The van der Waals surface area contributed by atoms with E-state index in [-0.39, 0.29) is 34.4 Å². The fourth-order valence-electron chi connectivity index (χ4n) is 6.37. The van der Waals surface area contributed by atoms with E-state index in [0.717, 1.165) is 5.56 Å². The molecule has 0 aromatic heterocycles. The van der Waals surface area contributed by atoms with Crippen molar-refractivity contribution in [1.29, 1.82) is 0 Å². The maximum Gasteiger partial charge on any atom is 0.248 e. The second-order valence-corrected chi connectivity index (χ2v) is 13.6. The molecule has 0 saturated carbocycles. The summed E-state index contributed by atoms with van der Waals surface area (Å²) in [6.45, 7) is 4.64. The van der Waals surface area contributed by atoms with Crippen LogP contribution in [0.25, 0.3) is 0 Å². The highest BCUT2D eigenvalue weighted by atomic mass is 79.9. The molecule has 2 bridgehead atoms. The second-order valence-electron chi connectivity index (χ2n) is 10.5. The molecule has 3 saturated heterocycles. The van der Waals surface area contributed by atoms with Crippen LogP contribution < -0.4 is 15.4 Å². The number of rotatable bonds is 10. The van der Waals surface area contributed by atoms with Gasteiger partial charge in [0.1, 0.15) is 11.8 Å². The van der Waals surface area contributed by atoms with Crippen molar-refractivity contribution in [3.63, 3.8) is 0 Å². The Labute approximate surface area is 251 Å². The lowest BCUT2D eigenvalue weighted by Crippen LogP contribution is -2.52. The number of carbonyl (C=O) groups is 3. The van der Waals surface area contributed by atoms with Crippen molar-refractivity contribution in [2.24, 2.45) is 11.8 Å². The molecule has 3 aliphatic rings. The number of hydrogen-bond donors (Lipinski definition) is 3. The van der Waals surface area contributed by atoms with Crippen molar-refractivity contribution in [2.45, 2.75) is 54.0 Å². The first-order valence-electron chi connectivity index (χ1n) is 13.5. The number of thioether (sulfide) groups is 1. The molecule has 5 rings (SSSR count). The lowest BCUT2D eigenvalue weighted by Gasteiger charge is -2.35. The molecule has 3 heterocycles. The Bertz CT molecular complexity index is 1280. The van der Waals surface area contributed by atoms with Gasteiger partial charge < -0.3 is 25.4 Å². The summed E-state index contributed by atoms with van der Waals surface area (Å²) in [5, 5.41) is 15.7. The lowest BCUT2D eigenvalue weighted by molar-refractivity contribution is -0.138. The zero-order chi connectivity index (χ0) is 28.6. The van der Waals surface area contributed by atoms with E-state index >= 15 is 0 Å². The van der Waals surface area contributed by atoms with Crippen LogP contribution in [0.15, 0.2) is 42.5 Å². The van der Waals surface area contributed by atoms with Crippen molar-refractivity contribution in [2.75, 3.05) is 30.4 Å². The molecule has 2 aromatic rings. The number of halogens is 2. The molecule has 3 N–H and O–H groups in total. The third-order valence-corrected chi connectivity index (χ3v) is 11.6. The molecule has 40 heavy (non-hydrogen) atoms. The minimum Gasteiger partial charge on any atom is -0.494 e. The molecule has 2 aromatic carbocycles. The monoisotopic (exact) mass is 649 g/mol. The topological polar surface area (TPSA) is 108 Å². The summed E-state index contributed by atoms with van der Waals surface area (Å²) < 4.78 is 4.73. The number of anilines is 2. The maximum atomic E-state index is 14.1. The average Bonchev–Trinajstić information content (AvgIpc) is 3.51. The van der Waals surface area contributed by atoms with Gasteiger partial charge in [0.25, 0.3) is 0 Å². The van der Waals surface area contributed by atoms with Crippen LogP contribution in [0, 0.1) is 18.8 Å². The molecule has 11 heteroatoms. The standard InChI is InChI=1S/C29H33BrClN3O5S/c1-3-39-18-11-9-17(10-12-18)32-26(36)21-22-28(38)34(13-4-5-14-35)25(29(22)15-19(30)24(21)40-29)27(37)33-23-16(2)7-6-8-20(23)31/h6-12,19,21-22,24-25,35H,3-5,13-15H2,1-2H3,(H,32,36)(H,33,37)/t19?,21-,22-,24-,25?,29?/m0/s1. The fourth-order valence-corrected chi connectivity index (χ4v) is 10.3. The predicted molar refractivity (Wildman–Crippen MR) is 161 cm³/mol.